The predicted octanol–water partition coefficient (Wildman–Crippen LogP) is 3.04. The highest BCUT2D eigenvalue weighted by Crippen LogP contribution is 2.22. The molecule has 0 radical (unpaired) electrons. The Labute approximate surface area is 131 Å². The summed E-state index contributed by atoms with van der Waals surface area (Å²) in [7, 11) is 0. The minimum Gasteiger partial charge on any atom is -0.459 e. The number of anilines is 1. The fourth-order valence-corrected chi connectivity index (χ4v) is 2.58. The first-order valence-corrected chi connectivity index (χ1v) is 7.73. The van der Waals surface area contributed by atoms with Crippen molar-refractivity contribution in [3.05, 3.63) is 29.8 Å². The molecule has 1 N–H and O–H groups in total. The van der Waals surface area contributed by atoms with Gasteiger partial charge >= 0.3 is 5.97 Å². The molecule has 1 aromatic carbocycles. The van der Waals surface area contributed by atoms with Gasteiger partial charge < -0.3 is 14.8 Å². The first-order chi connectivity index (χ1) is 10.5. The van der Waals surface area contributed by atoms with Crippen LogP contribution in [0.2, 0.25) is 0 Å². The summed E-state index contributed by atoms with van der Waals surface area (Å²) in [5.41, 5.74) is 1.52. The molecule has 5 nitrogen and oxygen atoms in total. The number of hydrogen-bond acceptors (Lipinski definition) is 4. The van der Waals surface area contributed by atoms with Gasteiger partial charge in [0.15, 0.2) is 6.10 Å². The maximum absolute atomic E-state index is 11.9. The summed E-state index contributed by atoms with van der Waals surface area (Å²) in [4.78, 5) is 23.0. The van der Waals surface area contributed by atoms with Gasteiger partial charge in [0.05, 0.1) is 6.10 Å². The van der Waals surface area contributed by atoms with Gasteiger partial charge in [-0.2, -0.15) is 0 Å². The Balaban J connectivity index is 1.81. The summed E-state index contributed by atoms with van der Waals surface area (Å²) in [5, 5.41) is 2.70. The molecule has 0 bridgehead atoms. The van der Waals surface area contributed by atoms with E-state index in [9.17, 15) is 9.59 Å². The molecule has 1 aliphatic rings. The van der Waals surface area contributed by atoms with Crippen LogP contribution in [0.1, 0.15) is 45.1 Å². The number of amides is 1. The van der Waals surface area contributed by atoms with Gasteiger partial charge in [-0.05, 0) is 37.5 Å². The van der Waals surface area contributed by atoms with E-state index >= 15 is 0 Å². The van der Waals surface area contributed by atoms with E-state index in [2.05, 4.69) is 5.32 Å². The lowest BCUT2D eigenvalue weighted by atomic mass is 10.2. The van der Waals surface area contributed by atoms with E-state index in [-0.39, 0.29) is 24.6 Å². The molecule has 22 heavy (non-hydrogen) atoms. The summed E-state index contributed by atoms with van der Waals surface area (Å²) >= 11 is 0. The number of carbonyl (C=O) groups excluding carboxylic acids is 2. The van der Waals surface area contributed by atoms with Crippen LogP contribution in [-0.4, -0.2) is 24.1 Å². The van der Waals surface area contributed by atoms with E-state index in [0.29, 0.717) is 5.69 Å². The van der Waals surface area contributed by atoms with Gasteiger partial charge in [0.25, 0.3) is 0 Å². The van der Waals surface area contributed by atoms with E-state index in [1.165, 1.54) is 19.8 Å². The maximum Gasteiger partial charge on any atom is 0.335 e. The van der Waals surface area contributed by atoms with Crippen molar-refractivity contribution in [2.75, 3.05) is 5.32 Å². The van der Waals surface area contributed by atoms with Gasteiger partial charge in [-0.15, -0.1) is 0 Å². The monoisotopic (exact) mass is 305 g/mol. The second-order valence-corrected chi connectivity index (χ2v) is 5.67. The zero-order valence-electron chi connectivity index (χ0n) is 13.1. The third kappa shape index (κ3) is 5.15. The number of ether oxygens (including phenoxy) is 2. The summed E-state index contributed by atoms with van der Waals surface area (Å²) in [5.74, 6) is -0.482. The zero-order chi connectivity index (χ0) is 15.9. The van der Waals surface area contributed by atoms with E-state index in [0.717, 1.165) is 18.4 Å². The molecule has 0 saturated heterocycles. The molecule has 120 valence electrons. The molecule has 1 fully saturated rings. The van der Waals surface area contributed by atoms with Crippen LogP contribution in [-0.2, 0) is 25.7 Å². The summed E-state index contributed by atoms with van der Waals surface area (Å²) in [6.07, 6.45) is 4.03. The number of nitrogens with one attached hydrogen (secondary N) is 1. The quantitative estimate of drug-likeness (QED) is 0.820. The number of rotatable bonds is 6. The normalized spacial score (nSPS) is 16.3. The summed E-state index contributed by atoms with van der Waals surface area (Å²) in [6.45, 7) is 3.35. The SMILES string of the molecule is CC(=O)Nc1cccc(COC(=O)[C@H](C)OC2CCCC2)c1. The Morgan fingerprint density at radius 2 is 2.05 bits per heavy atom. The molecule has 1 atom stereocenters. The lowest BCUT2D eigenvalue weighted by Gasteiger charge is -2.17. The van der Waals surface area contributed by atoms with Crippen LogP contribution in [0, 0.1) is 0 Å². The topological polar surface area (TPSA) is 64.6 Å². The molecule has 1 saturated carbocycles. The molecule has 0 aliphatic heterocycles. The Morgan fingerprint density at radius 1 is 1.32 bits per heavy atom. The summed E-state index contributed by atoms with van der Waals surface area (Å²) in [6, 6.07) is 7.24. The van der Waals surface area contributed by atoms with Gasteiger partial charge in [-0.25, -0.2) is 4.79 Å². The molecular formula is C17H23NO4. The molecule has 1 aliphatic carbocycles. The molecule has 1 amide bonds. The molecule has 2 rings (SSSR count). The molecule has 1 aromatic rings. The van der Waals surface area contributed by atoms with Gasteiger partial charge in [-0.3, -0.25) is 4.79 Å². The molecule has 0 spiro atoms. The van der Waals surface area contributed by atoms with Crippen molar-refractivity contribution >= 4 is 17.6 Å². The highest BCUT2D eigenvalue weighted by Gasteiger charge is 2.23. The van der Waals surface area contributed by atoms with Crippen LogP contribution < -0.4 is 5.32 Å². The lowest BCUT2D eigenvalue weighted by Crippen LogP contribution is -2.27. The van der Waals surface area contributed by atoms with Crippen LogP contribution in [0.4, 0.5) is 5.69 Å². The van der Waals surface area contributed by atoms with Gasteiger partial charge in [-0.1, -0.05) is 25.0 Å². The first-order valence-electron chi connectivity index (χ1n) is 7.73. The second-order valence-electron chi connectivity index (χ2n) is 5.67. The van der Waals surface area contributed by atoms with Crippen LogP contribution >= 0.6 is 0 Å². The van der Waals surface area contributed by atoms with E-state index in [1.807, 2.05) is 12.1 Å². The maximum atomic E-state index is 11.9. The Morgan fingerprint density at radius 3 is 2.73 bits per heavy atom. The van der Waals surface area contributed by atoms with Gasteiger partial charge in [0, 0.05) is 12.6 Å². The van der Waals surface area contributed by atoms with E-state index in [1.54, 1.807) is 19.1 Å². The number of esters is 1. The van der Waals surface area contributed by atoms with Crippen molar-refractivity contribution in [2.45, 2.75) is 58.3 Å². The van der Waals surface area contributed by atoms with Crippen molar-refractivity contribution in [1.29, 1.82) is 0 Å². The third-order valence-electron chi connectivity index (χ3n) is 3.66. The average molecular weight is 305 g/mol. The highest BCUT2D eigenvalue weighted by molar-refractivity contribution is 5.88. The van der Waals surface area contributed by atoms with E-state index < -0.39 is 6.10 Å². The highest BCUT2D eigenvalue weighted by atomic mass is 16.6. The molecule has 0 unspecified atom stereocenters. The predicted molar refractivity (Wildman–Crippen MR) is 83.3 cm³/mol. The van der Waals surface area contributed by atoms with Crippen LogP contribution in [0.3, 0.4) is 0 Å². The van der Waals surface area contributed by atoms with Crippen molar-refractivity contribution < 1.29 is 19.1 Å². The smallest absolute Gasteiger partial charge is 0.335 e. The van der Waals surface area contributed by atoms with Crippen molar-refractivity contribution in [3.63, 3.8) is 0 Å². The van der Waals surface area contributed by atoms with Crippen molar-refractivity contribution in [3.8, 4) is 0 Å². The van der Waals surface area contributed by atoms with Crippen molar-refractivity contribution in [2.24, 2.45) is 0 Å². The second kappa shape index (κ2) is 7.94. The molecular weight excluding hydrogens is 282 g/mol. The van der Waals surface area contributed by atoms with Crippen molar-refractivity contribution in [1.82, 2.24) is 0 Å². The van der Waals surface area contributed by atoms with Crippen LogP contribution in [0.25, 0.3) is 0 Å². The fourth-order valence-electron chi connectivity index (χ4n) is 2.58. The lowest BCUT2D eigenvalue weighted by molar-refractivity contribution is -0.160. The van der Waals surface area contributed by atoms with E-state index in [4.69, 9.17) is 9.47 Å². The Hall–Kier alpha value is -1.88. The zero-order valence-corrected chi connectivity index (χ0v) is 13.1. The van der Waals surface area contributed by atoms with Crippen LogP contribution in [0.15, 0.2) is 24.3 Å². The average Bonchev–Trinajstić information content (AvgIpc) is 2.97. The number of hydrogen-bond donors (Lipinski definition) is 1. The fraction of sp³-hybridized carbons (Fsp3) is 0.529. The molecule has 5 heteroatoms. The first kappa shape index (κ1) is 16.5. The third-order valence-corrected chi connectivity index (χ3v) is 3.66. The largest absolute Gasteiger partial charge is 0.459 e. The minimum atomic E-state index is -0.540. The summed E-state index contributed by atoms with van der Waals surface area (Å²) < 4.78 is 11.0. The number of carbonyl (C=O) groups is 2. The van der Waals surface area contributed by atoms with Gasteiger partial charge in [0.2, 0.25) is 5.91 Å². The molecule has 0 aromatic heterocycles. The Bertz CT molecular complexity index is 523. The standard InChI is InChI=1S/C17H23NO4/c1-12(22-16-8-3-4-9-16)17(20)21-11-14-6-5-7-15(10-14)18-13(2)19/h5-7,10,12,16H,3-4,8-9,11H2,1-2H3,(H,18,19)/t12-/m0/s1. The minimum absolute atomic E-state index is 0.132. The number of benzene rings is 1. The Kier molecular flexibility index (Phi) is 5.95. The van der Waals surface area contributed by atoms with Gasteiger partial charge in [0.1, 0.15) is 6.61 Å². The molecule has 0 heterocycles. The van der Waals surface area contributed by atoms with Crippen LogP contribution in [0.5, 0.6) is 0 Å².